The first-order valence-corrected chi connectivity index (χ1v) is 5.96. The number of carbonyl (C=O) groups is 2. The summed E-state index contributed by atoms with van der Waals surface area (Å²) in [6.07, 6.45) is 4.38. The number of carbonyl (C=O) groups excluding carboxylic acids is 1. The highest BCUT2D eigenvalue weighted by Crippen LogP contribution is 2.20. The number of carboxylic acids is 1. The van der Waals surface area contributed by atoms with Gasteiger partial charge < -0.3 is 15.2 Å². The molecule has 1 unspecified atom stereocenters. The summed E-state index contributed by atoms with van der Waals surface area (Å²) in [7, 11) is 0. The molecule has 1 aliphatic carbocycles. The summed E-state index contributed by atoms with van der Waals surface area (Å²) in [5, 5.41) is 11.5. The monoisotopic (exact) mass is 265 g/mol. The fourth-order valence-corrected chi connectivity index (χ4v) is 1.56. The van der Waals surface area contributed by atoms with Crippen molar-refractivity contribution in [3.8, 4) is 0 Å². The highest BCUT2D eigenvalue weighted by atomic mass is 16.6. The Morgan fingerprint density at radius 1 is 1.47 bits per heavy atom. The highest BCUT2D eigenvalue weighted by molar-refractivity contribution is 5.78. The zero-order valence-electron chi connectivity index (χ0n) is 11.4. The molecule has 0 heterocycles. The van der Waals surface area contributed by atoms with Gasteiger partial charge in [0.05, 0.1) is 5.92 Å². The van der Waals surface area contributed by atoms with Crippen LogP contribution in [0.4, 0.5) is 4.79 Å². The van der Waals surface area contributed by atoms with Crippen LogP contribution in [0, 0.1) is 5.92 Å². The quantitative estimate of drug-likeness (QED) is 0.820. The van der Waals surface area contributed by atoms with Crippen LogP contribution in [0.25, 0.3) is 0 Å². The van der Waals surface area contributed by atoms with Crippen molar-refractivity contribution >= 4 is 12.1 Å². The Kier molecular flexibility index (Phi) is 4.53. The summed E-state index contributed by atoms with van der Waals surface area (Å²) in [5.41, 5.74) is 0.739. The number of alkyl carbamates (subject to hydrolysis) is 1. The van der Waals surface area contributed by atoms with Crippen LogP contribution in [0.3, 0.4) is 0 Å². The van der Waals surface area contributed by atoms with Crippen molar-refractivity contribution < 1.29 is 19.4 Å². The third-order valence-corrected chi connectivity index (χ3v) is 2.37. The average molecular weight is 265 g/mol. The molecule has 0 fully saturated rings. The fourth-order valence-electron chi connectivity index (χ4n) is 1.56. The average Bonchev–Trinajstić information content (AvgIpc) is 2.23. The minimum absolute atomic E-state index is 0.275. The maximum atomic E-state index is 11.5. The topological polar surface area (TPSA) is 75.6 Å². The van der Waals surface area contributed by atoms with Gasteiger partial charge >= 0.3 is 12.1 Å². The van der Waals surface area contributed by atoms with E-state index < -0.39 is 23.6 Å². The van der Waals surface area contributed by atoms with Gasteiger partial charge in [-0.15, -0.1) is 0 Å². The molecule has 5 nitrogen and oxygen atoms in total. The molecule has 2 N–H and O–H groups in total. The van der Waals surface area contributed by atoms with Crippen LogP contribution in [0.5, 0.6) is 0 Å². The van der Waals surface area contributed by atoms with Crippen LogP contribution >= 0.6 is 0 Å². The van der Waals surface area contributed by atoms with E-state index in [0.29, 0.717) is 5.57 Å². The maximum absolute atomic E-state index is 11.5. The first-order chi connectivity index (χ1) is 8.69. The summed E-state index contributed by atoms with van der Waals surface area (Å²) < 4.78 is 5.10. The Balaban J connectivity index is 2.51. The summed E-state index contributed by atoms with van der Waals surface area (Å²) >= 11 is 0. The van der Waals surface area contributed by atoms with Crippen molar-refractivity contribution in [2.75, 3.05) is 6.54 Å². The number of hydrogen-bond donors (Lipinski definition) is 2. The molecule has 1 rings (SSSR count). The van der Waals surface area contributed by atoms with Gasteiger partial charge in [0.25, 0.3) is 0 Å². The molecule has 0 saturated carbocycles. The molecule has 0 aromatic carbocycles. The second-order valence-corrected chi connectivity index (χ2v) is 5.32. The first kappa shape index (κ1) is 15.0. The van der Waals surface area contributed by atoms with Gasteiger partial charge in [-0.2, -0.15) is 0 Å². The number of aliphatic carboxylic acids is 1. The van der Waals surface area contributed by atoms with Crippen molar-refractivity contribution in [3.63, 3.8) is 0 Å². The first-order valence-electron chi connectivity index (χ1n) is 5.96. The van der Waals surface area contributed by atoms with Crippen LogP contribution in [-0.2, 0) is 9.53 Å². The van der Waals surface area contributed by atoms with Gasteiger partial charge in [-0.25, -0.2) is 4.79 Å². The van der Waals surface area contributed by atoms with Gasteiger partial charge in [-0.3, -0.25) is 4.79 Å². The number of hydrogen-bond acceptors (Lipinski definition) is 3. The van der Waals surface area contributed by atoms with E-state index in [1.807, 2.05) is 0 Å². The van der Waals surface area contributed by atoms with Gasteiger partial charge in [0.2, 0.25) is 0 Å². The van der Waals surface area contributed by atoms with Gasteiger partial charge in [-0.05, 0) is 31.9 Å². The molecule has 19 heavy (non-hydrogen) atoms. The third-order valence-electron chi connectivity index (χ3n) is 2.37. The van der Waals surface area contributed by atoms with Crippen molar-refractivity contribution in [1.29, 1.82) is 0 Å². The zero-order valence-corrected chi connectivity index (χ0v) is 11.4. The fraction of sp³-hybridized carbons (Fsp3) is 0.429. The zero-order chi connectivity index (χ0) is 14.6. The Morgan fingerprint density at radius 3 is 2.58 bits per heavy atom. The standard InChI is InChI=1S/C14H19NO4/c1-9-7-10(5-6-11(9)12(16)17)8-15-13(18)19-14(2,3)4/h5-7,11H,1,8H2,2-4H3,(H,15,18)(H,16,17). The molecule has 0 aromatic rings. The number of ether oxygens (including phenoxy) is 1. The van der Waals surface area contributed by atoms with Gasteiger partial charge in [-0.1, -0.05) is 24.8 Å². The van der Waals surface area contributed by atoms with E-state index in [-0.39, 0.29) is 6.54 Å². The molecule has 0 bridgehead atoms. The normalized spacial score (nSPS) is 18.8. The Bertz CT molecular complexity index is 455. The highest BCUT2D eigenvalue weighted by Gasteiger charge is 2.20. The second kappa shape index (κ2) is 5.73. The van der Waals surface area contributed by atoms with Crippen molar-refractivity contribution in [2.45, 2.75) is 26.4 Å². The van der Waals surface area contributed by atoms with Crippen LogP contribution in [0.2, 0.25) is 0 Å². The van der Waals surface area contributed by atoms with E-state index in [1.54, 1.807) is 39.0 Å². The molecule has 1 atom stereocenters. The molecular formula is C14H19NO4. The number of allylic oxidation sites excluding steroid dienone is 1. The number of amides is 1. The van der Waals surface area contributed by atoms with Crippen molar-refractivity contribution in [1.82, 2.24) is 5.32 Å². The molecule has 0 spiro atoms. The second-order valence-electron chi connectivity index (χ2n) is 5.32. The number of nitrogens with one attached hydrogen (secondary N) is 1. The van der Waals surface area contributed by atoms with Crippen LogP contribution in [-0.4, -0.2) is 29.3 Å². The third kappa shape index (κ3) is 4.99. The van der Waals surface area contributed by atoms with Crippen molar-refractivity contribution in [3.05, 3.63) is 36.0 Å². The molecule has 0 aliphatic heterocycles. The predicted molar refractivity (Wildman–Crippen MR) is 71.7 cm³/mol. The van der Waals surface area contributed by atoms with Gasteiger partial charge in [0, 0.05) is 6.54 Å². The molecule has 0 saturated heterocycles. The number of rotatable bonds is 3. The lowest BCUT2D eigenvalue weighted by Gasteiger charge is -2.20. The summed E-state index contributed by atoms with van der Waals surface area (Å²) in [6.45, 7) is 9.33. The lowest BCUT2D eigenvalue weighted by atomic mass is 9.92. The lowest BCUT2D eigenvalue weighted by Crippen LogP contribution is -2.33. The van der Waals surface area contributed by atoms with Gasteiger partial charge in [0.15, 0.2) is 0 Å². The molecule has 5 heteroatoms. The van der Waals surface area contributed by atoms with E-state index in [2.05, 4.69) is 11.9 Å². The molecule has 1 amide bonds. The molecule has 1 aliphatic rings. The minimum atomic E-state index is -0.934. The molecular weight excluding hydrogens is 246 g/mol. The van der Waals surface area contributed by atoms with E-state index in [0.717, 1.165) is 5.57 Å². The van der Waals surface area contributed by atoms with Crippen LogP contribution in [0.1, 0.15) is 20.8 Å². The molecule has 0 radical (unpaired) electrons. The largest absolute Gasteiger partial charge is 0.481 e. The Labute approximate surface area is 112 Å². The summed E-state index contributed by atoms with van der Waals surface area (Å²) in [6, 6.07) is 0. The minimum Gasteiger partial charge on any atom is -0.481 e. The molecule has 0 aromatic heterocycles. The van der Waals surface area contributed by atoms with E-state index >= 15 is 0 Å². The lowest BCUT2D eigenvalue weighted by molar-refractivity contribution is -0.138. The SMILES string of the molecule is C=C1C=C(CNC(=O)OC(C)(C)C)C=CC1C(=O)O. The smallest absolute Gasteiger partial charge is 0.407 e. The van der Waals surface area contributed by atoms with E-state index in [9.17, 15) is 9.59 Å². The van der Waals surface area contributed by atoms with Crippen LogP contribution < -0.4 is 5.32 Å². The molecule has 104 valence electrons. The maximum Gasteiger partial charge on any atom is 0.407 e. The predicted octanol–water partition coefficient (Wildman–Crippen LogP) is 2.26. The van der Waals surface area contributed by atoms with Crippen molar-refractivity contribution in [2.24, 2.45) is 5.92 Å². The van der Waals surface area contributed by atoms with Gasteiger partial charge in [0.1, 0.15) is 5.60 Å². The van der Waals surface area contributed by atoms with Crippen LogP contribution in [0.15, 0.2) is 36.0 Å². The Morgan fingerprint density at radius 2 is 2.11 bits per heavy atom. The Hall–Kier alpha value is -2.04. The van der Waals surface area contributed by atoms with E-state index in [1.165, 1.54) is 0 Å². The summed E-state index contributed by atoms with van der Waals surface area (Å²) in [4.78, 5) is 22.3. The summed E-state index contributed by atoms with van der Waals surface area (Å²) in [5.74, 6) is -1.62. The van der Waals surface area contributed by atoms with E-state index in [4.69, 9.17) is 9.84 Å². The number of carboxylic acid groups (broad SMARTS) is 1.